The zero-order valence-electron chi connectivity index (χ0n) is 7.01. The van der Waals surface area contributed by atoms with Gasteiger partial charge in [0.25, 0.3) is 0 Å². The van der Waals surface area contributed by atoms with E-state index in [4.69, 9.17) is 11.6 Å². The minimum Gasteiger partial charge on any atom is -0.307 e. The molecule has 1 aromatic rings. The summed E-state index contributed by atoms with van der Waals surface area (Å²) in [6, 6.07) is 5.30. The summed E-state index contributed by atoms with van der Waals surface area (Å²) in [5.74, 6) is 0. The van der Waals surface area contributed by atoms with Crippen molar-refractivity contribution in [3.8, 4) is 0 Å². The molecule has 12 heavy (non-hydrogen) atoms. The van der Waals surface area contributed by atoms with Gasteiger partial charge in [0, 0.05) is 17.0 Å². The summed E-state index contributed by atoms with van der Waals surface area (Å²) in [6.45, 7) is 2.19. The van der Waals surface area contributed by atoms with Crippen LogP contribution in [0.3, 0.4) is 0 Å². The molecule has 1 fully saturated rings. The number of nitrogens with one attached hydrogen (secondary N) is 1. The molecular formula is C9H12ClNS. The van der Waals surface area contributed by atoms with Crippen LogP contribution in [-0.2, 0) is 0 Å². The molecule has 1 saturated carbocycles. The molecule has 0 bridgehead atoms. The topological polar surface area (TPSA) is 12.0 Å². The van der Waals surface area contributed by atoms with Crippen LogP contribution in [0.25, 0.3) is 0 Å². The van der Waals surface area contributed by atoms with Crippen molar-refractivity contribution >= 4 is 22.9 Å². The van der Waals surface area contributed by atoms with Crippen molar-refractivity contribution in [1.29, 1.82) is 0 Å². The Morgan fingerprint density at radius 2 is 2.33 bits per heavy atom. The van der Waals surface area contributed by atoms with Crippen molar-refractivity contribution < 1.29 is 0 Å². The van der Waals surface area contributed by atoms with Crippen molar-refractivity contribution in [3.63, 3.8) is 0 Å². The molecule has 0 aromatic carbocycles. The van der Waals surface area contributed by atoms with Gasteiger partial charge in [-0.3, -0.25) is 0 Å². The van der Waals surface area contributed by atoms with Crippen molar-refractivity contribution in [2.45, 2.75) is 31.8 Å². The van der Waals surface area contributed by atoms with E-state index < -0.39 is 0 Å². The van der Waals surface area contributed by atoms with Gasteiger partial charge in [0.15, 0.2) is 0 Å². The van der Waals surface area contributed by atoms with Gasteiger partial charge in [-0.25, -0.2) is 0 Å². The molecular weight excluding hydrogens is 190 g/mol. The molecule has 0 spiro atoms. The summed E-state index contributed by atoms with van der Waals surface area (Å²) in [4.78, 5) is 1.34. The third kappa shape index (κ3) is 2.00. The summed E-state index contributed by atoms with van der Waals surface area (Å²) in [6.07, 6.45) is 2.67. The van der Waals surface area contributed by atoms with Crippen molar-refractivity contribution in [1.82, 2.24) is 5.32 Å². The zero-order valence-corrected chi connectivity index (χ0v) is 8.58. The number of hydrogen-bond acceptors (Lipinski definition) is 2. The van der Waals surface area contributed by atoms with Crippen LogP contribution in [0.2, 0.25) is 4.34 Å². The van der Waals surface area contributed by atoms with Gasteiger partial charge < -0.3 is 5.32 Å². The van der Waals surface area contributed by atoms with Gasteiger partial charge in [-0.1, -0.05) is 11.6 Å². The Hall–Kier alpha value is -0.0500. The second-order valence-corrected chi connectivity index (χ2v) is 5.05. The monoisotopic (exact) mass is 201 g/mol. The van der Waals surface area contributed by atoms with Crippen LogP contribution in [0, 0.1) is 0 Å². The second kappa shape index (κ2) is 3.36. The van der Waals surface area contributed by atoms with Crippen LogP contribution in [-0.4, -0.2) is 6.04 Å². The molecule has 2 rings (SSSR count). The summed E-state index contributed by atoms with van der Waals surface area (Å²) >= 11 is 7.52. The normalized spacial score (nSPS) is 19.5. The lowest BCUT2D eigenvalue weighted by atomic mass is 10.3. The molecule has 0 amide bonds. The Labute approximate surface area is 81.7 Å². The molecule has 1 atom stereocenters. The highest BCUT2D eigenvalue weighted by Gasteiger charge is 2.23. The van der Waals surface area contributed by atoms with Crippen LogP contribution < -0.4 is 5.32 Å². The Morgan fingerprint density at radius 1 is 1.58 bits per heavy atom. The highest BCUT2D eigenvalue weighted by molar-refractivity contribution is 7.16. The SMILES string of the molecule is C[C@H](NC1CC1)c1ccc(Cl)s1. The lowest BCUT2D eigenvalue weighted by Gasteiger charge is -2.09. The lowest BCUT2D eigenvalue weighted by molar-refractivity contribution is 0.579. The molecule has 1 aliphatic carbocycles. The number of hydrogen-bond donors (Lipinski definition) is 1. The van der Waals surface area contributed by atoms with Crippen LogP contribution in [0.1, 0.15) is 30.7 Å². The van der Waals surface area contributed by atoms with E-state index in [2.05, 4.69) is 18.3 Å². The average Bonchev–Trinajstić information content (AvgIpc) is 2.72. The van der Waals surface area contributed by atoms with E-state index in [9.17, 15) is 0 Å². The van der Waals surface area contributed by atoms with Crippen molar-refractivity contribution in [2.24, 2.45) is 0 Å². The molecule has 1 N–H and O–H groups in total. The molecule has 0 saturated heterocycles. The summed E-state index contributed by atoms with van der Waals surface area (Å²) in [7, 11) is 0. The van der Waals surface area contributed by atoms with Gasteiger partial charge in [-0.2, -0.15) is 0 Å². The summed E-state index contributed by atoms with van der Waals surface area (Å²) in [5, 5.41) is 3.54. The van der Waals surface area contributed by atoms with Gasteiger partial charge in [0.05, 0.1) is 4.34 Å². The summed E-state index contributed by atoms with van der Waals surface area (Å²) in [5.41, 5.74) is 0. The molecule has 0 unspecified atom stereocenters. The molecule has 0 aliphatic heterocycles. The summed E-state index contributed by atoms with van der Waals surface area (Å²) < 4.78 is 0.884. The van der Waals surface area contributed by atoms with E-state index >= 15 is 0 Å². The van der Waals surface area contributed by atoms with E-state index in [1.54, 1.807) is 11.3 Å². The zero-order chi connectivity index (χ0) is 8.55. The van der Waals surface area contributed by atoms with E-state index in [0.717, 1.165) is 10.4 Å². The van der Waals surface area contributed by atoms with E-state index in [1.807, 2.05) is 6.07 Å². The molecule has 3 heteroatoms. The Kier molecular flexibility index (Phi) is 2.40. The lowest BCUT2D eigenvalue weighted by Crippen LogP contribution is -2.19. The molecule has 1 aromatic heterocycles. The standard InChI is InChI=1S/C9H12ClNS/c1-6(11-7-2-3-7)8-4-5-9(10)12-8/h4-7,11H,2-3H2,1H3/t6-/m0/s1. The predicted octanol–water partition coefficient (Wildman–Crippen LogP) is 3.21. The third-order valence-electron chi connectivity index (χ3n) is 2.08. The smallest absolute Gasteiger partial charge is 0.0931 e. The Bertz CT molecular complexity index is 267. The van der Waals surface area contributed by atoms with Crippen molar-refractivity contribution in [2.75, 3.05) is 0 Å². The first kappa shape index (κ1) is 8.54. The Morgan fingerprint density at radius 3 is 2.83 bits per heavy atom. The first-order valence-corrected chi connectivity index (χ1v) is 5.46. The molecule has 1 heterocycles. The first-order chi connectivity index (χ1) is 5.75. The molecule has 66 valence electrons. The number of thiophene rings is 1. The van der Waals surface area contributed by atoms with Gasteiger partial charge in [-0.05, 0) is 31.9 Å². The van der Waals surface area contributed by atoms with E-state index in [0.29, 0.717) is 6.04 Å². The average molecular weight is 202 g/mol. The Balaban J connectivity index is 1.97. The highest BCUT2D eigenvalue weighted by Crippen LogP contribution is 2.29. The maximum Gasteiger partial charge on any atom is 0.0931 e. The maximum absolute atomic E-state index is 5.85. The maximum atomic E-state index is 5.85. The quantitative estimate of drug-likeness (QED) is 0.792. The van der Waals surface area contributed by atoms with Crippen molar-refractivity contribution in [3.05, 3.63) is 21.3 Å². The minimum atomic E-state index is 0.468. The second-order valence-electron chi connectivity index (χ2n) is 3.30. The fraction of sp³-hybridized carbons (Fsp3) is 0.556. The fourth-order valence-electron chi connectivity index (χ4n) is 1.25. The van der Waals surface area contributed by atoms with Gasteiger partial charge in [0.1, 0.15) is 0 Å². The predicted molar refractivity (Wildman–Crippen MR) is 53.9 cm³/mol. The first-order valence-electron chi connectivity index (χ1n) is 4.27. The van der Waals surface area contributed by atoms with Crippen LogP contribution >= 0.6 is 22.9 Å². The van der Waals surface area contributed by atoms with Gasteiger partial charge in [0.2, 0.25) is 0 Å². The van der Waals surface area contributed by atoms with Crippen LogP contribution in [0.15, 0.2) is 12.1 Å². The number of halogens is 1. The van der Waals surface area contributed by atoms with E-state index in [1.165, 1.54) is 17.7 Å². The molecule has 0 radical (unpaired) electrons. The van der Waals surface area contributed by atoms with Crippen LogP contribution in [0.4, 0.5) is 0 Å². The number of rotatable bonds is 3. The van der Waals surface area contributed by atoms with E-state index in [-0.39, 0.29) is 0 Å². The fourth-order valence-corrected chi connectivity index (χ4v) is 2.32. The molecule has 1 aliphatic rings. The third-order valence-corrected chi connectivity index (χ3v) is 3.50. The van der Waals surface area contributed by atoms with Crippen LogP contribution in [0.5, 0.6) is 0 Å². The molecule has 1 nitrogen and oxygen atoms in total. The van der Waals surface area contributed by atoms with Gasteiger partial charge >= 0.3 is 0 Å². The highest BCUT2D eigenvalue weighted by atomic mass is 35.5. The minimum absolute atomic E-state index is 0.468. The van der Waals surface area contributed by atoms with Gasteiger partial charge in [-0.15, -0.1) is 11.3 Å². The largest absolute Gasteiger partial charge is 0.307 e.